The van der Waals surface area contributed by atoms with E-state index in [4.69, 9.17) is 4.74 Å². The minimum Gasteiger partial charge on any atom is -0.469 e. The Morgan fingerprint density at radius 2 is 1.32 bits per heavy atom. The van der Waals surface area contributed by atoms with Crippen molar-refractivity contribution >= 4 is 11.9 Å². The van der Waals surface area contributed by atoms with Crippen molar-refractivity contribution in [3.8, 4) is 0 Å². The van der Waals surface area contributed by atoms with Crippen molar-refractivity contribution in [2.45, 2.75) is 74.3 Å². The number of hydrogen-bond donors (Lipinski definition) is 0. The van der Waals surface area contributed by atoms with E-state index in [-0.39, 0.29) is 22.8 Å². The van der Waals surface area contributed by atoms with Crippen LogP contribution in [0.15, 0.2) is 0 Å². The maximum Gasteiger partial charge on any atom is 0.312 e. The lowest BCUT2D eigenvalue weighted by atomic mass is 9.65. The standard InChI is InChI=1S/C18H35NO3/c1-12-15(2,3)18(8,9)19(10)13(20)16(4,5)17(6,7)14(21)22-11/h12H2,1-11H3. The first-order valence-corrected chi connectivity index (χ1v) is 7.98. The van der Waals surface area contributed by atoms with Crippen LogP contribution in [0, 0.1) is 16.2 Å². The molecule has 0 aromatic heterocycles. The summed E-state index contributed by atoms with van der Waals surface area (Å²) in [5, 5.41) is 0. The van der Waals surface area contributed by atoms with Gasteiger partial charge < -0.3 is 9.64 Å². The molecule has 0 aliphatic carbocycles. The molecule has 0 spiro atoms. The van der Waals surface area contributed by atoms with Gasteiger partial charge in [0.1, 0.15) is 0 Å². The van der Waals surface area contributed by atoms with Crippen LogP contribution in [-0.2, 0) is 14.3 Å². The molecule has 0 atom stereocenters. The van der Waals surface area contributed by atoms with E-state index in [2.05, 4.69) is 34.6 Å². The van der Waals surface area contributed by atoms with Crippen LogP contribution in [0.2, 0.25) is 0 Å². The summed E-state index contributed by atoms with van der Waals surface area (Å²) >= 11 is 0. The Balaban J connectivity index is 5.72. The minimum absolute atomic E-state index is 0.0388. The highest BCUT2D eigenvalue weighted by Gasteiger charge is 2.53. The fourth-order valence-corrected chi connectivity index (χ4v) is 2.34. The highest BCUT2D eigenvalue weighted by molar-refractivity contribution is 5.90. The van der Waals surface area contributed by atoms with Gasteiger partial charge in [0.15, 0.2) is 0 Å². The van der Waals surface area contributed by atoms with E-state index in [9.17, 15) is 9.59 Å². The van der Waals surface area contributed by atoms with Crippen molar-refractivity contribution in [3.63, 3.8) is 0 Å². The zero-order chi connectivity index (χ0) is 18.1. The van der Waals surface area contributed by atoms with E-state index in [1.54, 1.807) is 18.7 Å². The molecule has 1 amide bonds. The molecule has 0 N–H and O–H groups in total. The van der Waals surface area contributed by atoms with Crippen LogP contribution in [0.4, 0.5) is 0 Å². The summed E-state index contributed by atoms with van der Waals surface area (Å²) in [7, 11) is 3.19. The lowest BCUT2D eigenvalue weighted by molar-refractivity contribution is -0.170. The molecule has 0 aliphatic heterocycles. The van der Waals surface area contributed by atoms with Gasteiger partial charge in [0.25, 0.3) is 0 Å². The Labute approximate surface area is 136 Å². The number of carbonyl (C=O) groups is 2. The zero-order valence-corrected chi connectivity index (χ0v) is 16.4. The van der Waals surface area contributed by atoms with Crippen LogP contribution in [0.5, 0.6) is 0 Å². The number of amides is 1. The molecule has 0 fully saturated rings. The fraction of sp³-hybridized carbons (Fsp3) is 0.889. The molecule has 0 aliphatic rings. The van der Waals surface area contributed by atoms with Gasteiger partial charge in [-0.25, -0.2) is 0 Å². The molecular formula is C18H35NO3. The predicted molar refractivity (Wildman–Crippen MR) is 90.5 cm³/mol. The number of carbonyl (C=O) groups excluding carboxylic acids is 2. The van der Waals surface area contributed by atoms with Crippen LogP contribution in [0.3, 0.4) is 0 Å². The summed E-state index contributed by atoms with van der Waals surface area (Å²) in [4.78, 5) is 27.1. The summed E-state index contributed by atoms with van der Waals surface area (Å²) in [6.45, 7) is 17.8. The molecule has 130 valence electrons. The van der Waals surface area contributed by atoms with Gasteiger partial charge in [-0.05, 0) is 53.4 Å². The van der Waals surface area contributed by atoms with E-state index in [0.29, 0.717) is 0 Å². The Kier molecular flexibility index (Phi) is 5.91. The van der Waals surface area contributed by atoms with Crippen LogP contribution in [-0.4, -0.2) is 36.5 Å². The third-order valence-corrected chi connectivity index (χ3v) is 6.48. The van der Waals surface area contributed by atoms with Gasteiger partial charge in [0.2, 0.25) is 5.91 Å². The highest BCUT2D eigenvalue weighted by atomic mass is 16.5. The zero-order valence-electron chi connectivity index (χ0n) is 16.4. The van der Waals surface area contributed by atoms with Crippen molar-refractivity contribution in [1.29, 1.82) is 0 Å². The molecule has 0 unspecified atom stereocenters. The Bertz CT molecular complexity index is 434. The summed E-state index contributed by atoms with van der Waals surface area (Å²) in [6.07, 6.45) is 0.957. The Morgan fingerprint density at radius 3 is 1.64 bits per heavy atom. The number of ether oxygens (including phenoxy) is 1. The van der Waals surface area contributed by atoms with Crippen LogP contribution >= 0.6 is 0 Å². The number of esters is 1. The Morgan fingerprint density at radius 1 is 0.909 bits per heavy atom. The van der Waals surface area contributed by atoms with E-state index >= 15 is 0 Å². The van der Waals surface area contributed by atoms with Gasteiger partial charge >= 0.3 is 5.97 Å². The largest absolute Gasteiger partial charge is 0.469 e. The average molecular weight is 313 g/mol. The van der Waals surface area contributed by atoms with Crippen molar-refractivity contribution in [2.24, 2.45) is 16.2 Å². The molecule has 0 aromatic carbocycles. The molecule has 4 heteroatoms. The first kappa shape index (κ1) is 20.9. The van der Waals surface area contributed by atoms with Crippen molar-refractivity contribution in [3.05, 3.63) is 0 Å². The fourth-order valence-electron chi connectivity index (χ4n) is 2.34. The van der Waals surface area contributed by atoms with Crippen molar-refractivity contribution in [2.75, 3.05) is 14.2 Å². The number of hydrogen-bond acceptors (Lipinski definition) is 3. The topological polar surface area (TPSA) is 46.6 Å². The minimum atomic E-state index is -0.903. The van der Waals surface area contributed by atoms with Gasteiger partial charge in [-0.2, -0.15) is 0 Å². The monoisotopic (exact) mass is 313 g/mol. The summed E-state index contributed by atoms with van der Waals surface area (Å²) in [5.74, 6) is -0.416. The molecule has 0 rings (SSSR count). The van der Waals surface area contributed by atoms with Gasteiger partial charge in [-0.15, -0.1) is 0 Å². The van der Waals surface area contributed by atoms with Gasteiger partial charge in [0.05, 0.1) is 17.9 Å². The maximum absolute atomic E-state index is 13.2. The van der Waals surface area contributed by atoms with Crippen LogP contribution in [0.1, 0.15) is 68.7 Å². The predicted octanol–water partition coefficient (Wildman–Crippen LogP) is 3.89. The SMILES string of the molecule is CCC(C)(C)C(C)(C)N(C)C(=O)C(C)(C)C(C)(C)C(=O)OC. The van der Waals surface area contributed by atoms with Gasteiger partial charge in [-0.1, -0.05) is 20.8 Å². The highest BCUT2D eigenvalue weighted by Crippen LogP contribution is 2.45. The molecule has 0 heterocycles. The van der Waals surface area contributed by atoms with E-state index in [0.717, 1.165) is 6.42 Å². The average Bonchev–Trinajstić information content (AvgIpc) is 2.43. The molecular weight excluding hydrogens is 278 g/mol. The number of methoxy groups -OCH3 is 1. The van der Waals surface area contributed by atoms with Crippen molar-refractivity contribution < 1.29 is 14.3 Å². The first-order valence-electron chi connectivity index (χ1n) is 7.98. The third kappa shape index (κ3) is 3.16. The molecule has 22 heavy (non-hydrogen) atoms. The summed E-state index contributed by atoms with van der Waals surface area (Å²) in [6, 6.07) is 0. The molecule has 0 bridgehead atoms. The summed E-state index contributed by atoms with van der Waals surface area (Å²) < 4.78 is 4.90. The lowest BCUT2D eigenvalue weighted by Crippen LogP contribution is -2.60. The summed E-state index contributed by atoms with van der Waals surface area (Å²) in [5.41, 5.74) is -2.14. The van der Waals surface area contributed by atoms with E-state index in [1.165, 1.54) is 7.11 Å². The van der Waals surface area contributed by atoms with Crippen LogP contribution in [0.25, 0.3) is 0 Å². The second kappa shape index (κ2) is 6.21. The normalized spacial score (nSPS) is 13.8. The maximum atomic E-state index is 13.2. The lowest BCUT2D eigenvalue weighted by Gasteiger charge is -2.51. The van der Waals surface area contributed by atoms with E-state index < -0.39 is 10.8 Å². The van der Waals surface area contributed by atoms with Gasteiger partial charge in [0, 0.05) is 12.6 Å². The van der Waals surface area contributed by atoms with Crippen LogP contribution < -0.4 is 0 Å². The smallest absolute Gasteiger partial charge is 0.312 e. The molecule has 0 aromatic rings. The third-order valence-electron chi connectivity index (χ3n) is 6.48. The second-order valence-electron chi connectivity index (χ2n) is 8.40. The quantitative estimate of drug-likeness (QED) is 0.699. The van der Waals surface area contributed by atoms with Crippen molar-refractivity contribution in [1.82, 2.24) is 4.90 Å². The molecule has 0 saturated carbocycles. The number of rotatable bonds is 6. The first-order chi connectivity index (χ1) is 9.61. The molecule has 0 saturated heterocycles. The number of nitrogens with zero attached hydrogens (tertiary/aromatic N) is 1. The van der Waals surface area contributed by atoms with E-state index in [1.807, 2.05) is 20.9 Å². The molecule has 4 nitrogen and oxygen atoms in total. The second-order valence-corrected chi connectivity index (χ2v) is 8.40. The molecule has 0 radical (unpaired) electrons. The van der Waals surface area contributed by atoms with Gasteiger partial charge in [-0.3, -0.25) is 9.59 Å². The Hall–Kier alpha value is -1.06.